The Bertz CT molecular complexity index is 825. The van der Waals surface area contributed by atoms with E-state index in [0.717, 1.165) is 22.2 Å². The Morgan fingerprint density at radius 3 is 2.62 bits per heavy atom. The predicted octanol–water partition coefficient (Wildman–Crippen LogP) is 3.10. The van der Waals surface area contributed by atoms with E-state index >= 15 is 0 Å². The number of fused-ring (bicyclic) bond motifs is 1. The Hall–Kier alpha value is -2.92. The van der Waals surface area contributed by atoms with Gasteiger partial charge in [0, 0.05) is 30.2 Å². The molecule has 0 fully saturated rings. The van der Waals surface area contributed by atoms with Gasteiger partial charge in [0.05, 0.1) is 11.2 Å². The van der Waals surface area contributed by atoms with Crippen LogP contribution in [-0.2, 0) is 6.54 Å². The molecule has 0 radical (unpaired) electrons. The molecule has 5 nitrogen and oxygen atoms in total. The van der Waals surface area contributed by atoms with Crippen molar-refractivity contribution in [1.82, 2.24) is 15.8 Å². The van der Waals surface area contributed by atoms with Crippen molar-refractivity contribution in [1.29, 1.82) is 0 Å². The number of benzene rings is 2. The third-order valence-electron chi connectivity index (χ3n) is 3.71. The Kier molecular flexibility index (Phi) is 5.03. The molecule has 122 valence electrons. The van der Waals surface area contributed by atoms with Crippen LogP contribution < -0.4 is 16.2 Å². The number of carbonyl (C=O) groups is 1. The molecule has 0 bridgehead atoms. The fourth-order valence-corrected chi connectivity index (χ4v) is 2.46. The van der Waals surface area contributed by atoms with Gasteiger partial charge in [0.25, 0.3) is 5.91 Å². The summed E-state index contributed by atoms with van der Waals surface area (Å²) in [6.45, 7) is 3.29. The third kappa shape index (κ3) is 3.70. The Morgan fingerprint density at radius 2 is 1.83 bits per heavy atom. The van der Waals surface area contributed by atoms with Crippen molar-refractivity contribution >= 4 is 22.5 Å². The average molecular weight is 320 g/mol. The van der Waals surface area contributed by atoms with Gasteiger partial charge in [0.2, 0.25) is 0 Å². The van der Waals surface area contributed by atoms with E-state index in [0.29, 0.717) is 18.7 Å². The van der Waals surface area contributed by atoms with E-state index in [4.69, 9.17) is 0 Å². The number of hydrogen-bond acceptors (Lipinski definition) is 4. The highest BCUT2D eigenvalue weighted by atomic mass is 16.2. The molecule has 0 aliphatic heterocycles. The van der Waals surface area contributed by atoms with Gasteiger partial charge in [-0.25, -0.2) is 5.43 Å². The summed E-state index contributed by atoms with van der Waals surface area (Å²) in [5, 5.41) is 4.52. The van der Waals surface area contributed by atoms with Crippen LogP contribution >= 0.6 is 0 Å². The number of anilines is 1. The van der Waals surface area contributed by atoms with E-state index in [1.54, 1.807) is 6.20 Å². The number of para-hydroxylation sites is 1. The number of hydrazine groups is 1. The lowest BCUT2D eigenvalue weighted by molar-refractivity contribution is 0.0934. The SMILES string of the molecule is CCNNC(=O)c1ccc(CNc2cccc3cccnc23)cc1. The standard InChI is InChI=1S/C19H20N4O/c1-2-22-23-19(24)16-10-8-14(9-11-16)13-21-17-7-3-5-15-6-4-12-20-18(15)17/h3-12,21-22H,2,13H2,1H3,(H,23,24). The fraction of sp³-hybridized carbons (Fsp3) is 0.158. The number of amides is 1. The van der Waals surface area contributed by atoms with Gasteiger partial charge in [0.15, 0.2) is 0 Å². The molecule has 0 saturated carbocycles. The van der Waals surface area contributed by atoms with Crippen LogP contribution in [0.4, 0.5) is 5.69 Å². The maximum atomic E-state index is 11.8. The molecule has 0 atom stereocenters. The molecule has 1 amide bonds. The Balaban J connectivity index is 1.67. The molecule has 5 heteroatoms. The monoisotopic (exact) mass is 320 g/mol. The van der Waals surface area contributed by atoms with E-state index in [1.165, 1.54) is 0 Å². The zero-order valence-corrected chi connectivity index (χ0v) is 13.5. The highest BCUT2D eigenvalue weighted by molar-refractivity contribution is 5.94. The summed E-state index contributed by atoms with van der Waals surface area (Å²) in [6.07, 6.45) is 1.80. The van der Waals surface area contributed by atoms with Gasteiger partial charge in [0.1, 0.15) is 0 Å². The molecule has 1 heterocycles. The van der Waals surface area contributed by atoms with Crippen molar-refractivity contribution in [3.8, 4) is 0 Å². The number of aromatic nitrogens is 1. The summed E-state index contributed by atoms with van der Waals surface area (Å²) < 4.78 is 0. The molecule has 0 unspecified atom stereocenters. The first kappa shape index (κ1) is 16.0. The number of rotatable bonds is 6. The van der Waals surface area contributed by atoms with Crippen molar-refractivity contribution in [2.75, 3.05) is 11.9 Å². The minimum atomic E-state index is -0.130. The maximum absolute atomic E-state index is 11.8. The molecule has 3 rings (SSSR count). The molecule has 2 aromatic carbocycles. The molecular formula is C19H20N4O. The lowest BCUT2D eigenvalue weighted by Crippen LogP contribution is -2.36. The molecule has 24 heavy (non-hydrogen) atoms. The molecule has 0 aliphatic rings. The van der Waals surface area contributed by atoms with E-state index in [-0.39, 0.29) is 5.91 Å². The first-order valence-electron chi connectivity index (χ1n) is 7.97. The Labute approximate surface area is 141 Å². The highest BCUT2D eigenvalue weighted by Crippen LogP contribution is 2.21. The maximum Gasteiger partial charge on any atom is 0.265 e. The predicted molar refractivity (Wildman–Crippen MR) is 96.7 cm³/mol. The van der Waals surface area contributed by atoms with Crippen molar-refractivity contribution < 1.29 is 4.79 Å². The van der Waals surface area contributed by atoms with Crippen LogP contribution in [0.25, 0.3) is 10.9 Å². The average Bonchev–Trinajstić information content (AvgIpc) is 2.64. The second-order valence-electron chi connectivity index (χ2n) is 5.42. The van der Waals surface area contributed by atoms with Gasteiger partial charge in [-0.15, -0.1) is 0 Å². The number of nitrogens with zero attached hydrogens (tertiary/aromatic N) is 1. The van der Waals surface area contributed by atoms with Gasteiger partial charge in [-0.3, -0.25) is 15.2 Å². The van der Waals surface area contributed by atoms with Gasteiger partial charge < -0.3 is 5.32 Å². The second-order valence-corrected chi connectivity index (χ2v) is 5.42. The van der Waals surface area contributed by atoms with Crippen LogP contribution in [0.3, 0.4) is 0 Å². The quantitative estimate of drug-likeness (QED) is 0.611. The first-order chi connectivity index (χ1) is 11.8. The molecule has 0 aliphatic carbocycles. The summed E-state index contributed by atoms with van der Waals surface area (Å²) in [7, 11) is 0. The van der Waals surface area contributed by atoms with Crippen LogP contribution in [0.5, 0.6) is 0 Å². The van der Waals surface area contributed by atoms with Gasteiger partial charge in [-0.1, -0.05) is 37.3 Å². The van der Waals surface area contributed by atoms with Gasteiger partial charge in [-0.05, 0) is 29.8 Å². The van der Waals surface area contributed by atoms with Crippen LogP contribution in [0.1, 0.15) is 22.8 Å². The van der Waals surface area contributed by atoms with Crippen LogP contribution in [0, 0.1) is 0 Å². The highest BCUT2D eigenvalue weighted by Gasteiger charge is 2.05. The van der Waals surface area contributed by atoms with Crippen molar-refractivity contribution in [2.45, 2.75) is 13.5 Å². The van der Waals surface area contributed by atoms with Crippen molar-refractivity contribution in [2.24, 2.45) is 0 Å². The molecular weight excluding hydrogens is 300 g/mol. The van der Waals surface area contributed by atoms with Gasteiger partial charge in [-0.2, -0.15) is 0 Å². The lowest BCUT2D eigenvalue weighted by Gasteiger charge is -2.10. The summed E-state index contributed by atoms with van der Waals surface area (Å²) in [5.41, 5.74) is 9.13. The molecule has 3 aromatic rings. The number of carbonyl (C=O) groups excluding carboxylic acids is 1. The van der Waals surface area contributed by atoms with Crippen LogP contribution in [0.2, 0.25) is 0 Å². The first-order valence-corrected chi connectivity index (χ1v) is 7.97. The van der Waals surface area contributed by atoms with E-state index in [1.807, 2.05) is 61.5 Å². The number of hydrogen-bond donors (Lipinski definition) is 3. The summed E-state index contributed by atoms with van der Waals surface area (Å²) in [6, 6.07) is 17.6. The molecule has 3 N–H and O–H groups in total. The smallest absolute Gasteiger partial charge is 0.265 e. The largest absolute Gasteiger partial charge is 0.379 e. The number of nitrogens with one attached hydrogen (secondary N) is 3. The summed E-state index contributed by atoms with van der Waals surface area (Å²) in [4.78, 5) is 16.3. The number of pyridine rings is 1. The van der Waals surface area contributed by atoms with Crippen molar-refractivity contribution in [3.63, 3.8) is 0 Å². The third-order valence-corrected chi connectivity index (χ3v) is 3.71. The minimum absolute atomic E-state index is 0.130. The summed E-state index contributed by atoms with van der Waals surface area (Å²) in [5.74, 6) is -0.130. The summed E-state index contributed by atoms with van der Waals surface area (Å²) >= 11 is 0. The normalized spacial score (nSPS) is 10.5. The van der Waals surface area contributed by atoms with E-state index < -0.39 is 0 Å². The minimum Gasteiger partial charge on any atom is -0.379 e. The van der Waals surface area contributed by atoms with Gasteiger partial charge >= 0.3 is 0 Å². The fourth-order valence-electron chi connectivity index (χ4n) is 2.46. The van der Waals surface area contributed by atoms with E-state index in [2.05, 4.69) is 21.2 Å². The molecule has 1 aromatic heterocycles. The zero-order valence-electron chi connectivity index (χ0n) is 13.5. The van der Waals surface area contributed by atoms with E-state index in [9.17, 15) is 4.79 Å². The zero-order chi connectivity index (χ0) is 16.8. The van der Waals surface area contributed by atoms with Crippen LogP contribution in [0.15, 0.2) is 60.8 Å². The van der Waals surface area contributed by atoms with Crippen molar-refractivity contribution in [3.05, 3.63) is 71.9 Å². The lowest BCUT2D eigenvalue weighted by atomic mass is 10.1. The van der Waals surface area contributed by atoms with Crippen LogP contribution in [-0.4, -0.2) is 17.4 Å². The molecule has 0 spiro atoms. The topological polar surface area (TPSA) is 66.0 Å². The Morgan fingerprint density at radius 1 is 1.04 bits per heavy atom. The molecule has 0 saturated heterocycles. The second kappa shape index (κ2) is 7.57.